The van der Waals surface area contributed by atoms with Gasteiger partial charge < -0.3 is 5.32 Å². The molecule has 3 nitrogen and oxygen atoms in total. The maximum Gasteiger partial charge on any atom is 0.224 e. The molecule has 1 N–H and O–H groups in total. The molecule has 0 saturated heterocycles. The highest BCUT2D eigenvalue weighted by Crippen LogP contribution is 2.34. The van der Waals surface area contributed by atoms with Gasteiger partial charge in [0.05, 0.1) is 18.1 Å². The van der Waals surface area contributed by atoms with Crippen LogP contribution in [0.25, 0.3) is 0 Å². The first-order valence-electron chi connectivity index (χ1n) is 6.51. The molecule has 0 spiro atoms. The summed E-state index contributed by atoms with van der Waals surface area (Å²) in [5.74, 6) is 0.781. The summed E-state index contributed by atoms with van der Waals surface area (Å²) in [6, 6.07) is 9.65. The largest absolute Gasteiger partial charge is 0.353 e. The Morgan fingerprint density at radius 1 is 1.44 bits per heavy atom. The fraction of sp³-hybridized carbons (Fsp3) is 0.467. The van der Waals surface area contributed by atoms with Crippen molar-refractivity contribution in [2.75, 3.05) is 0 Å². The number of carbonyl (C=O) groups excluding carboxylic acids is 1. The van der Waals surface area contributed by atoms with E-state index in [1.165, 1.54) is 12.8 Å². The number of carbonyl (C=O) groups is 1. The molecule has 0 aliphatic heterocycles. The zero-order valence-corrected chi connectivity index (χ0v) is 10.6. The zero-order valence-electron chi connectivity index (χ0n) is 10.6. The second-order valence-electron chi connectivity index (χ2n) is 4.94. The van der Waals surface area contributed by atoms with Gasteiger partial charge in [-0.15, -0.1) is 0 Å². The Morgan fingerprint density at radius 2 is 2.17 bits per heavy atom. The molecule has 18 heavy (non-hydrogen) atoms. The summed E-state index contributed by atoms with van der Waals surface area (Å²) in [4.78, 5) is 11.8. The second-order valence-corrected chi connectivity index (χ2v) is 4.94. The van der Waals surface area contributed by atoms with Crippen LogP contribution >= 0.6 is 0 Å². The van der Waals surface area contributed by atoms with E-state index in [4.69, 9.17) is 5.26 Å². The molecule has 0 bridgehead atoms. The lowest BCUT2D eigenvalue weighted by Crippen LogP contribution is -2.28. The monoisotopic (exact) mass is 242 g/mol. The number of hydrogen-bond acceptors (Lipinski definition) is 2. The molecule has 0 heterocycles. The molecule has 1 fully saturated rings. The number of hydrogen-bond donors (Lipinski definition) is 1. The standard InChI is InChI=1S/C15H18N2O/c1-2-3-13-9-14(13)17-15(18)8-11-4-6-12(10-16)7-5-11/h4-7,13-14H,2-3,8-9H2,1H3,(H,17,18). The van der Waals surface area contributed by atoms with Crippen molar-refractivity contribution in [3.05, 3.63) is 35.4 Å². The van der Waals surface area contributed by atoms with Gasteiger partial charge >= 0.3 is 0 Å². The van der Waals surface area contributed by atoms with E-state index >= 15 is 0 Å². The molecule has 0 radical (unpaired) electrons. The van der Waals surface area contributed by atoms with Crippen LogP contribution < -0.4 is 5.32 Å². The summed E-state index contributed by atoms with van der Waals surface area (Å²) >= 11 is 0. The van der Waals surface area contributed by atoms with E-state index in [9.17, 15) is 4.79 Å². The quantitative estimate of drug-likeness (QED) is 0.862. The minimum atomic E-state index is 0.0864. The SMILES string of the molecule is CCCC1CC1NC(=O)Cc1ccc(C#N)cc1. The Kier molecular flexibility index (Phi) is 3.99. The van der Waals surface area contributed by atoms with Crippen molar-refractivity contribution in [2.45, 2.75) is 38.6 Å². The van der Waals surface area contributed by atoms with Crippen LogP contribution in [0.4, 0.5) is 0 Å². The second kappa shape index (κ2) is 5.68. The van der Waals surface area contributed by atoms with E-state index in [0.717, 1.165) is 12.0 Å². The molecule has 94 valence electrons. The van der Waals surface area contributed by atoms with Crippen LogP contribution in [0.3, 0.4) is 0 Å². The fourth-order valence-electron chi connectivity index (χ4n) is 2.25. The first-order chi connectivity index (χ1) is 8.72. The third-order valence-electron chi connectivity index (χ3n) is 3.38. The molecule has 2 atom stereocenters. The minimum absolute atomic E-state index is 0.0864. The van der Waals surface area contributed by atoms with E-state index in [1.54, 1.807) is 12.1 Å². The van der Waals surface area contributed by atoms with Gasteiger partial charge in [0, 0.05) is 6.04 Å². The van der Waals surface area contributed by atoms with E-state index in [-0.39, 0.29) is 5.91 Å². The van der Waals surface area contributed by atoms with Crippen LogP contribution in [-0.4, -0.2) is 11.9 Å². The fourth-order valence-corrected chi connectivity index (χ4v) is 2.25. The molecule has 1 aromatic rings. The molecule has 1 saturated carbocycles. The molecule has 1 aromatic carbocycles. The summed E-state index contributed by atoms with van der Waals surface area (Å²) in [5, 5.41) is 11.7. The Bertz CT molecular complexity index is 458. The van der Waals surface area contributed by atoms with Crippen molar-refractivity contribution < 1.29 is 4.79 Å². The average Bonchev–Trinajstić information content (AvgIpc) is 3.08. The van der Waals surface area contributed by atoms with Crippen molar-refractivity contribution in [3.8, 4) is 6.07 Å². The lowest BCUT2D eigenvalue weighted by molar-refractivity contribution is -0.120. The van der Waals surface area contributed by atoms with Gasteiger partial charge in [-0.3, -0.25) is 4.79 Å². The predicted molar refractivity (Wildman–Crippen MR) is 69.8 cm³/mol. The van der Waals surface area contributed by atoms with Gasteiger partial charge in [-0.25, -0.2) is 0 Å². The van der Waals surface area contributed by atoms with Gasteiger partial charge in [-0.05, 0) is 36.5 Å². The van der Waals surface area contributed by atoms with E-state index < -0.39 is 0 Å². The number of nitrogens with zero attached hydrogens (tertiary/aromatic N) is 1. The molecule has 0 aromatic heterocycles. The molecule has 1 aliphatic rings. The van der Waals surface area contributed by atoms with E-state index in [0.29, 0.717) is 23.9 Å². The van der Waals surface area contributed by atoms with Gasteiger partial charge in [0.25, 0.3) is 0 Å². The van der Waals surface area contributed by atoms with Crippen molar-refractivity contribution >= 4 is 5.91 Å². The first-order valence-corrected chi connectivity index (χ1v) is 6.51. The van der Waals surface area contributed by atoms with Gasteiger partial charge in [-0.1, -0.05) is 25.5 Å². The van der Waals surface area contributed by atoms with Gasteiger partial charge in [0.15, 0.2) is 0 Å². The lowest BCUT2D eigenvalue weighted by atomic mass is 10.1. The smallest absolute Gasteiger partial charge is 0.224 e. The number of nitriles is 1. The first kappa shape index (κ1) is 12.6. The Balaban J connectivity index is 1.79. The highest BCUT2D eigenvalue weighted by Gasteiger charge is 2.36. The van der Waals surface area contributed by atoms with Crippen LogP contribution in [0.15, 0.2) is 24.3 Å². The van der Waals surface area contributed by atoms with Gasteiger partial charge in [0.1, 0.15) is 0 Å². The summed E-state index contributed by atoms with van der Waals surface area (Å²) in [7, 11) is 0. The summed E-state index contributed by atoms with van der Waals surface area (Å²) < 4.78 is 0. The minimum Gasteiger partial charge on any atom is -0.353 e. The summed E-state index contributed by atoms with van der Waals surface area (Å²) in [5.41, 5.74) is 1.59. The number of amides is 1. The van der Waals surface area contributed by atoms with E-state index in [2.05, 4.69) is 18.3 Å². The van der Waals surface area contributed by atoms with Crippen molar-refractivity contribution in [3.63, 3.8) is 0 Å². The van der Waals surface area contributed by atoms with Crippen LogP contribution in [0.1, 0.15) is 37.3 Å². The maximum absolute atomic E-state index is 11.8. The zero-order chi connectivity index (χ0) is 13.0. The summed E-state index contributed by atoms with van der Waals surface area (Å²) in [6.07, 6.45) is 3.93. The third-order valence-corrected chi connectivity index (χ3v) is 3.38. The number of rotatable bonds is 5. The normalized spacial score (nSPS) is 21.1. The van der Waals surface area contributed by atoms with Crippen LogP contribution in [-0.2, 0) is 11.2 Å². The molecular formula is C15H18N2O. The Labute approximate surface area is 108 Å². The predicted octanol–water partition coefficient (Wildman–Crippen LogP) is 2.41. The topological polar surface area (TPSA) is 52.9 Å². The average molecular weight is 242 g/mol. The lowest BCUT2D eigenvalue weighted by Gasteiger charge is -2.04. The maximum atomic E-state index is 11.8. The number of nitrogens with one attached hydrogen (secondary N) is 1. The molecule has 1 aliphatic carbocycles. The summed E-state index contributed by atoms with van der Waals surface area (Å²) in [6.45, 7) is 2.17. The highest BCUT2D eigenvalue weighted by molar-refractivity contribution is 5.79. The Hall–Kier alpha value is -1.82. The van der Waals surface area contributed by atoms with Crippen LogP contribution in [0, 0.1) is 17.2 Å². The van der Waals surface area contributed by atoms with Crippen LogP contribution in [0.5, 0.6) is 0 Å². The molecule has 2 rings (SSSR count). The molecule has 3 heteroatoms. The Morgan fingerprint density at radius 3 is 2.78 bits per heavy atom. The molecule has 1 amide bonds. The van der Waals surface area contributed by atoms with Crippen molar-refractivity contribution in [1.29, 1.82) is 5.26 Å². The molecule has 2 unspecified atom stereocenters. The third kappa shape index (κ3) is 3.33. The van der Waals surface area contributed by atoms with Crippen molar-refractivity contribution in [2.24, 2.45) is 5.92 Å². The van der Waals surface area contributed by atoms with Gasteiger partial charge in [0.2, 0.25) is 5.91 Å². The number of benzene rings is 1. The van der Waals surface area contributed by atoms with Crippen molar-refractivity contribution in [1.82, 2.24) is 5.32 Å². The molecular weight excluding hydrogens is 224 g/mol. The highest BCUT2D eigenvalue weighted by atomic mass is 16.1. The van der Waals surface area contributed by atoms with Crippen LogP contribution in [0.2, 0.25) is 0 Å². The van der Waals surface area contributed by atoms with Gasteiger partial charge in [-0.2, -0.15) is 5.26 Å². The van der Waals surface area contributed by atoms with E-state index in [1.807, 2.05) is 12.1 Å².